The summed E-state index contributed by atoms with van der Waals surface area (Å²) in [4.78, 5) is 20.9. The highest BCUT2D eigenvalue weighted by Crippen LogP contribution is 2.30. The summed E-state index contributed by atoms with van der Waals surface area (Å²) in [6.45, 7) is 1.97. The molecule has 1 amide bonds. The molecule has 0 radical (unpaired) electrons. The molecular weight excluding hydrogens is 376 g/mol. The third-order valence-corrected chi connectivity index (χ3v) is 4.28. The molecule has 1 aromatic heterocycles. The van der Waals surface area contributed by atoms with Gasteiger partial charge in [0.2, 0.25) is 0 Å². The molecule has 0 saturated carbocycles. The standard InChI is InChI=1S/C24H20N4O2/c1-17-8-7-9-18(14-17)27-24(29)21-15-26-23(16-25-21)28-20-12-5-6-13-22(20)30-19-10-3-2-4-11-19/h2-16H,1H3,(H,26,28)(H,27,29). The molecule has 0 aliphatic carbocycles. The average Bonchev–Trinajstić information content (AvgIpc) is 2.76. The van der Waals surface area contributed by atoms with E-state index in [1.165, 1.54) is 12.4 Å². The zero-order valence-corrected chi connectivity index (χ0v) is 16.4. The second-order valence-electron chi connectivity index (χ2n) is 6.65. The highest BCUT2D eigenvalue weighted by Gasteiger charge is 2.10. The number of para-hydroxylation sites is 3. The molecule has 30 heavy (non-hydrogen) atoms. The molecule has 4 rings (SSSR count). The Labute approximate surface area is 174 Å². The number of nitrogens with zero attached hydrogens (tertiary/aromatic N) is 2. The molecule has 6 heteroatoms. The van der Waals surface area contributed by atoms with Crippen LogP contribution in [0.15, 0.2) is 91.3 Å². The molecule has 148 valence electrons. The zero-order chi connectivity index (χ0) is 20.8. The second kappa shape index (κ2) is 8.87. The summed E-state index contributed by atoms with van der Waals surface area (Å²) < 4.78 is 5.94. The van der Waals surface area contributed by atoms with Crippen molar-refractivity contribution < 1.29 is 9.53 Å². The summed E-state index contributed by atoms with van der Waals surface area (Å²) in [5.74, 6) is 1.59. The maximum absolute atomic E-state index is 12.4. The van der Waals surface area contributed by atoms with Crippen LogP contribution in [-0.2, 0) is 0 Å². The van der Waals surface area contributed by atoms with Gasteiger partial charge in [-0.2, -0.15) is 0 Å². The molecule has 6 nitrogen and oxygen atoms in total. The van der Waals surface area contributed by atoms with E-state index in [0.29, 0.717) is 11.6 Å². The van der Waals surface area contributed by atoms with Gasteiger partial charge in [-0.15, -0.1) is 0 Å². The van der Waals surface area contributed by atoms with Gasteiger partial charge in [0.15, 0.2) is 5.75 Å². The molecule has 2 N–H and O–H groups in total. The van der Waals surface area contributed by atoms with Crippen LogP contribution in [0.4, 0.5) is 17.2 Å². The Morgan fingerprint density at radius 3 is 2.43 bits per heavy atom. The van der Waals surface area contributed by atoms with E-state index >= 15 is 0 Å². The smallest absolute Gasteiger partial charge is 0.275 e. The van der Waals surface area contributed by atoms with Crippen molar-refractivity contribution in [2.45, 2.75) is 6.92 Å². The fourth-order valence-electron chi connectivity index (χ4n) is 2.84. The van der Waals surface area contributed by atoms with Crippen molar-refractivity contribution in [3.05, 3.63) is 103 Å². The largest absolute Gasteiger partial charge is 0.455 e. The highest BCUT2D eigenvalue weighted by molar-refractivity contribution is 6.02. The lowest BCUT2D eigenvalue weighted by Gasteiger charge is -2.12. The number of carbonyl (C=O) groups excluding carboxylic acids is 1. The van der Waals surface area contributed by atoms with Gasteiger partial charge in [0.25, 0.3) is 5.91 Å². The van der Waals surface area contributed by atoms with Crippen molar-refractivity contribution in [1.29, 1.82) is 0 Å². The van der Waals surface area contributed by atoms with Gasteiger partial charge >= 0.3 is 0 Å². The van der Waals surface area contributed by atoms with Gasteiger partial charge in [-0.3, -0.25) is 4.79 Å². The number of benzene rings is 3. The summed E-state index contributed by atoms with van der Waals surface area (Å²) in [6.07, 6.45) is 2.96. The van der Waals surface area contributed by atoms with Crippen LogP contribution in [0.25, 0.3) is 0 Å². The summed E-state index contributed by atoms with van der Waals surface area (Å²) >= 11 is 0. The van der Waals surface area contributed by atoms with Gasteiger partial charge in [0, 0.05) is 5.69 Å². The summed E-state index contributed by atoms with van der Waals surface area (Å²) in [7, 11) is 0. The van der Waals surface area contributed by atoms with Gasteiger partial charge in [-0.05, 0) is 48.9 Å². The van der Waals surface area contributed by atoms with Gasteiger partial charge in [0.05, 0.1) is 18.1 Å². The summed E-state index contributed by atoms with van der Waals surface area (Å²) in [5, 5.41) is 6.01. The molecular formula is C24H20N4O2. The maximum atomic E-state index is 12.4. The van der Waals surface area contributed by atoms with E-state index in [4.69, 9.17) is 4.74 Å². The number of carbonyl (C=O) groups is 1. The first-order valence-electron chi connectivity index (χ1n) is 9.46. The number of ether oxygens (including phenoxy) is 1. The van der Waals surface area contributed by atoms with Gasteiger partial charge in [0.1, 0.15) is 17.3 Å². The Morgan fingerprint density at radius 1 is 0.867 bits per heavy atom. The average molecular weight is 396 g/mol. The maximum Gasteiger partial charge on any atom is 0.275 e. The van der Waals surface area contributed by atoms with E-state index in [2.05, 4.69) is 20.6 Å². The Balaban J connectivity index is 1.46. The number of aryl methyl sites for hydroxylation is 1. The van der Waals surface area contributed by atoms with E-state index in [9.17, 15) is 4.79 Å². The number of hydrogen-bond acceptors (Lipinski definition) is 5. The van der Waals surface area contributed by atoms with Gasteiger partial charge < -0.3 is 15.4 Å². The molecule has 0 saturated heterocycles. The Morgan fingerprint density at radius 2 is 1.67 bits per heavy atom. The number of anilines is 3. The van der Waals surface area contributed by atoms with Gasteiger partial charge in [-0.1, -0.05) is 42.5 Å². The Hall–Kier alpha value is -4.19. The molecule has 0 bridgehead atoms. The lowest BCUT2D eigenvalue weighted by Crippen LogP contribution is -2.14. The van der Waals surface area contributed by atoms with E-state index in [1.807, 2.05) is 85.8 Å². The van der Waals surface area contributed by atoms with Crippen molar-refractivity contribution in [3.8, 4) is 11.5 Å². The predicted octanol–water partition coefficient (Wildman–Crippen LogP) is 5.57. The monoisotopic (exact) mass is 396 g/mol. The van der Waals surface area contributed by atoms with E-state index in [1.54, 1.807) is 0 Å². The van der Waals surface area contributed by atoms with E-state index in [-0.39, 0.29) is 11.6 Å². The molecule has 3 aromatic carbocycles. The first kappa shape index (κ1) is 19.1. The molecule has 4 aromatic rings. The van der Waals surface area contributed by atoms with Crippen molar-refractivity contribution in [3.63, 3.8) is 0 Å². The molecule has 0 spiro atoms. The van der Waals surface area contributed by atoms with Crippen LogP contribution in [0.5, 0.6) is 11.5 Å². The van der Waals surface area contributed by atoms with Gasteiger partial charge in [-0.25, -0.2) is 9.97 Å². The fourth-order valence-corrected chi connectivity index (χ4v) is 2.84. The van der Waals surface area contributed by atoms with Crippen LogP contribution >= 0.6 is 0 Å². The van der Waals surface area contributed by atoms with Crippen molar-refractivity contribution >= 4 is 23.1 Å². The number of amides is 1. The molecule has 1 heterocycles. The predicted molar refractivity (Wildman–Crippen MR) is 117 cm³/mol. The molecule has 0 unspecified atom stereocenters. The SMILES string of the molecule is Cc1cccc(NC(=O)c2cnc(Nc3ccccc3Oc3ccccc3)cn2)c1. The highest BCUT2D eigenvalue weighted by atomic mass is 16.5. The van der Waals surface area contributed by atoms with Crippen LogP contribution < -0.4 is 15.4 Å². The summed E-state index contributed by atoms with van der Waals surface area (Å²) in [6, 6.07) is 24.7. The number of aromatic nitrogens is 2. The number of nitrogens with one attached hydrogen (secondary N) is 2. The molecule has 0 fully saturated rings. The normalized spacial score (nSPS) is 10.3. The zero-order valence-electron chi connectivity index (χ0n) is 16.4. The topological polar surface area (TPSA) is 76.1 Å². The molecule has 0 aliphatic rings. The second-order valence-corrected chi connectivity index (χ2v) is 6.65. The Kier molecular flexibility index (Phi) is 5.66. The van der Waals surface area contributed by atoms with Crippen molar-refractivity contribution in [2.24, 2.45) is 0 Å². The number of rotatable bonds is 6. The minimum Gasteiger partial charge on any atom is -0.455 e. The lowest BCUT2D eigenvalue weighted by atomic mass is 10.2. The summed E-state index contributed by atoms with van der Waals surface area (Å²) in [5.41, 5.74) is 2.76. The quantitative estimate of drug-likeness (QED) is 0.445. The lowest BCUT2D eigenvalue weighted by molar-refractivity contribution is 0.102. The van der Waals surface area contributed by atoms with Crippen LogP contribution in [-0.4, -0.2) is 15.9 Å². The van der Waals surface area contributed by atoms with Crippen molar-refractivity contribution in [1.82, 2.24) is 9.97 Å². The Bertz CT molecular complexity index is 1150. The third-order valence-electron chi connectivity index (χ3n) is 4.28. The number of hydrogen-bond donors (Lipinski definition) is 2. The van der Waals surface area contributed by atoms with Crippen LogP contribution in [0.2, 0.25) is 0 Å². The van der Waals surface area contributed by atoms with Crippen LogP contribution in [0.3, 0.4) is 0 Å². The molecule has 0 atom stereocenters. The minimum absolute atomic E-state index is 0.232. The van der Waals surface area contributed by atoms with Crippen LogP contribution in [0.1, 0.15) is 16.1 Å². The van der Waals surface area contributed by atoms with E-state index < -0.39 is 0 Å². The minimum atomic E-state index is -0.313. The third kappa shape index (κ3) is 4.80. The van der Waals surface area contributed by atoms with Crippen LogP contribution in [0, 0.1) is 6.92 Å². The van der Waals surface area contributed by atoms with Crippen molar-refractivity contribution in [2.75, 3.05) is 10.6 Å². The fraction of sp³-hybridized carbons (Fsp3) is 0.0417. The first-order chi connectivity index (χ1) is 14.7. The van der Waals surface area contributed by atoms with E-state index in [0.717, 1.165) is 22.7 Å². The molecule has 0 aliphatic heterocycles. The first-order valence-corrected chi connectivity index (χ1v) is 9.46.